The van der Waals surface area contributed by atoms with Crippen LogP contribution in [0.25, 0.3) is 0 Å². The molecular formula is C15H30N3NaPbS6. The second-order valence-electron chi connectivity index (χ2n) is 4.31. The van der Waals surface area contributed by atoms with Gasteiger partial charge in [-0.05, 0) is 41.5 Å². The predicted molar refractivity (Wildman–Crippen MR) is 134 cm³/mol. The zero-order valence-electron chi connectivity index (χ0n) is 17.0. The minimum Gasteiger partial charge on any atom is -0.411 e. The molecule has 0 aromatic heterocycles. The van der Waals surface area contributed by atoms with Crippen LogP contribution in [0.15, 0.2) is 0 Å². The standard InChI is InChI=1S/3C5H11NS2.Na.Pb/c3*1-3-6(4-2)5(7)8;;/h3*3-4H2,1-2H3,(H,7,8);;/q;;;+1;+2/p-3. The molecule has 0 N–H and O–H groups in total. The van der Waals surface area contributed by atoms with E-state index in [1.54, 1.807) is 0 Å². The Morgan fingerprint density at radius 1 is 0.538 bits per heavy atom. The van der Waals surface area contributed by atoms with Crippen LogP contribution >= 0.6 is 36.7 Å². The Kier molecular flexibility index (Phi) is 40.7. The summed E-state index contributed by atoms with van der Waals surface area (Å²) in [5, 5.41) is 0. The fraction of sp³-hybridized carbons (Fsp3) is 0.800. The van der Waals surface area contributed by atoms with Crippen molar-refractivity contribution in [3.8, 4) is 0 Å². The van der Waals surface area contributed by atoms with E-state index >= 15 is 0 Å². The minimum atomic E-state index is 0. The Labute approximate surface area is 236 Å². The van der Waals surface area contributed by atoms with Crippen LogP contribution in [0.3, 0.4) is 0 Å². The van der Waals surface area contributed by atoms with Gasteiger partial charge in [-0.3, -0.25) is 0 Å². The van der Waals surface area contributed by atoms with Crippen LogP contribution in [0.5, 0.6) is 0 Å². The van der Waals surface area contributed by atoms with Gasteiger partial charge in [0.2, 0.25) is 0 Å². The molecule has 0 bridgehead atoms. The SMILES string of the molecule is CCN(CC)C(=S)[S-].CCN(CC)C(=S)[S-].CCN(CC)C(=S)[S-].[Na+].[Pb+2]. The van der Waals surface area contributed by atoms with Crippen molar-refractivity contribution in [2.24, 2.45) is 0 Å². The first-order chi connectivity index (χ1) is 11.2. The van der Waals surface area contributed by atoms with E-state index in [-0.39, 0.29) is 56.9 Å². The fourth-order valence-electron chi connectivity index (χ4n) is 1.45. The molecule has 0 spiro atoms. The third-order valence-electron chi connectivity index (χ3n) is 3.06. The molecule has 2 radical (unpaired) electrons. The van der Waals surface area contributed by atoms with Gasteiger partial charge in [-0.15, -0.1) is 0 Å². The summed E-state index contributed by atoms with van der Waals surface area (Å²) >= 11 is 28.5. The van der Waals surface area contributed by atoms with Crippen LogP contribution in [0, 0.1) is 0 Å². The predicted octanol–water partition coefficient (Wildman–Crippen LogP) is 0.103. The quantitative estimate of drug-likeness (QED) is 0.219. The molecule has 11 heteroatoms. The molecule has 0 aromatic carbocycles. The normalized spacial score (nSPS) is 8.08. The van der Waals surface area contributed by atoms with Gasteiger partial charge >= 0.3 is 56.9 Å². The molecule has 0 atom stereocenters. The number of thiocarbonyl (C=S) groups is 3. The first-order valence-corrected chi connectivity index (χ1v) is 10.5. The first-order valence-electron chi connectivity index (χ1n) is 8.04. The summed E-state index contributed by atoms with van der Waals surface area (Å²) in [6, 6.07) is 0. The average molecular weight is 675 g/mol. The topological polar surface area (TPSA) is 9.72 Å². The van der Waals surface area contributed by atoms with Gasteiger partial charge in [0.15, 0.2) is 0 Å². The number of nitrogens with zero attached hydrogens (tertiary/aromatic N) is 3. The molecule has 0 aromatic rings. The molecule has 0 rings (SSSR count). The summed E-state index contributed by atoms with van der Waals surface area (Å²) in [5.41, 5.74) is 0. The summed E-state index contributed by atoms with van der Waals surface area (Å²) < 4.78 is 1.74. The van der Waals surface area contributed by atoms with Crippen molar-refractivity contribution in [1.82, 2.24) is 14.7 Å². The van der Waals surface area contributed by atoms with Gasteiger partial charge in [-0.25, -0.2) is 0 Å². The molecule has 0 unspecified atom stereocenters. The molecular weight excluding hydrogens is 645 g/mol. The van der Waals surface area contributed by atoms with Gasteiger partial charge in [0.05, 0.1) is 0 Å². The van der Waals surface area contributed by atoms with Crippen molar-refractivity contribution in [3.05, 3.63) is 0 Å². The van der Waals surface area contributed by atoms with Gasteiger partial charge in [-0.1, -0.05) is 13.0 Å². The smallest absolute Gasteiger partial charge is 0.411 e. The number of rotatable bonds is 6. The van der Waals surface area contributed by atoms with Crippen LogP contribution in [0.1, 0.15) is 41.5 Å². The van der Waals surface area contributed by atoms with E-state index in [2.05, 4.69) is 0 Å². The molecule has 0 fully saturated rings. The third-order valence-corrected chi connectivity index (χ3v) is 4.61. The van der Waals surface area contributed by atoms with E-state index in [1.165, 1.54) is 0 Å². The van der Waals surface area contributed by atoms with E-state index in [0.29, 0.717) is 13.0 Å². The third kappa shape index (κ3) is 24.3. The molecule has 146 valence electrons. The van der Waals surface area contributed by atoms with Crippen LogP contribution < -0.4 is 29.6 Å². The van der Waals surface area contributed by atoms with Crippen molar-refractivity contribution in [1.29, 1.82) is 0 Å². The zero-order valence-corrected chi connectivity index (χ0v) is 27.8. The number of hydrogen-bond acceptors (Lipinski definition) is 6. The summed E-state index contributed by atoms with van der Waals surface area (Å²) in [5.74, 6) is 0. The van der Waals surface area contributed by atoms with Crippen LogP contribution in [-0.4, -0.2) is 94.2 Å². The molecule has 26 heavy (non-hydrogen) atoms. The van der Waals surface area contributed by atoms with Gasteiger partial charge in [0, 0.05) is 39.3 Å². The van der Waals surface area contributed by atoms with Gasteiger partial charge < -0.3 is 89.2 Å². The molecule has 0 heterocycles. The van der Waals surface area contributed by atoms with Crippen molar-refractivity contribution in [2.75, 3.05) is 39.3 Å². The second-order valence-corrected chi connectivity index (χ2v) is 7.41. The molecule has 0 amide bonds. The monoisotopic (exact) mass is 675 g/mol. The Morgan fingerprint density at radius 3 is 0.654 bits per heavy atom. The second kappa shape index (κ2) is 27.3. The van der Waals surface area contributed by atoms with Crippen LogP contribution in [0.2, 0.25) is 0 Å². The summed E-state index contributed by atoms with van der Waals surface area (Å²) in [7, 11) is 0. The summed E-state index contributed by atoms with van der Waals surface area (Å²) in [6.07, 6.45) is 0. The Hall–Kier alpha value is 2.25. The van der Waals surface area contributed by atoms with Gasteiger partial charge in [0.25, 0.3) is 0 Å². The maximum absolute atomic E-state index is 4.76. The van der Waals surface area contributed by atoms with Crippen LogP contribution in [0.4, 0.5) is 0 Å². The average Bonchev–Trinajstić information content (AvgIpc) is 2.51. The first kappa shape index (κ1) is 38.8. The van der Waals surface area contributed by atoms with Gasteiger partial charge in [0.1, 0.15) is 0 Å². The van der Waals surface area contributed by atoms with Crippen molar-refractivity contribution >= 4 is 115 Å². The van der Waals surface area contributed by atoms with E-state index in [0.717, 1.165) is 39.3 Å². The molecule has 0 saturated carbocycles. The molecule has 0 aliphatic carbocycles. The van der Waals surface area contributed by atoms with Crippen molar-refractivity contribution in [3.63, 3.8) is 0 Å². The molecule has 0 aliphatic heterocycles. The van der Waals surface area contributed by atoms with E-state index in [9.17, 15) is 0 Å². The van der Waals surface area contributed by atoms with Crippen LogP contribution in [-0.2, 0) is 37.9 Å². The zero-order chi connectivity index (χ0) is 19.7. The minimum absolute atomic E-state index is 0. The summed E-state index contributed by atoms with van der Waals surface area (Å²) in [6.45, 7) is 17.8. The maximum atomic E-state index is 4.76. The molecule has 0 aliphatic rings. The van der Waals surface area contributed by atoms with Crippen molar-refractivity contribution < 1.29 is 29.6 Å². The maximum Gasteiger partial charge on any atom is 2.00 e. The van der Waals surface area contributed by atoms with E-state index in [1.807, 2.05) is 56.2 Å². The molecule has 3 nitrogen and oxygen atoms in total. The molecule has 0 saturated heterocycles. The van der Waals surface area contributed by atoms with E-state index < -0.39 is 0 Å². The van der Waals surface area contributed by atoms with Gasteiger partial charge in [-0.2, -0.15) is 0 Å². The Morgan fingerprint density at radius 2 is 0.654 bits per heavy atom. The Bertz CT molecular complexity index is 300. The largest absolute Gasteiger partial charge is 2.00 e. The summed E-state index contributed by atoms with van der Waals surface area (Å²) in [4.78, 5) is 5.89. The fourth-order valence-corrected chi connectivity index (χ4v) is 2.99. The number of hydrogen-bond donors (Lipinski definition) is 0. The Balaban J connectivity index is -0.0000000817. The van der Waals surface area contributed by atoms with Crippen molar-refractivity contribution in [2.45, 2.75) is 41.5 Å². The van der Waals surface area contributed by atoms with E-state index in [4.69, 9.17) is 74.5 Å².